The molecule has 0 saturated heterocycles. The van der Waals surface area contributed by atoms with Gasteiger partial charge < -0.3 is 5.73 Å². The summed E-state index contributed by atoms with van der Waals surface area (Å²) < 4.78 is 0. The fraction of sp³-hybridized carbons (Fsp3) is 0.0625. The van der Waals surface area contributed by atoms with Crippen LogP contribution in [0.4, 0.5) is 0 Å². The van der Waals surface area contributed by atoms with Gasteiger partial charge in [0.05, 0.1) is 0 Å². The van der Waals surface area contributed by atoms with Crippen molar-refractivity contribution in [1.29, 1.82) is 0 Å². The van der Waals surface area contributed by atoms with E-state index in [1.807, 2.05) is 12.1 Å². The average molecular weight is 272 g/mol. The van der Waals surface area contributed by atoms with Crippen molar-refractivity contribution in [2.24, 2.45) is 5.73 Å². The van der Waals surface area contributed by atoms with Crippen LogP contribution in [0, 0.1) is 0 Å². The fourth-order valence-corrected chi connectivity index (χ4v) is 2.01. The van der Waals surface area contributed by atoms with Gasteiger partial charge in [0.25, 0.3) is 0 Å². The van der Waals surface area contributed by atoms with Crippen molar-refractivity contribution in [2.75, 3.05) is 0 Å². The van der Waals surface area contributed by atoms with Gasteiger partial charge in [-0.05, 0) is 23.8 Å². The molecule has 0 fully saturated rings. The molecule has 1 unspecified atom stereocenters. The number of benzene rings is 2. The molecule has 2 nitrogen and oxygen atoms in total. The zero-order valence-corrected chi connectivity index (χ0v) is 11.1. The molecule has 0 radical (unpaired) electrons. The maximum atomic E-state index is 12.3. The highest BCUT2D eigenvalue weighted by Crippen LogP contribution is 2.18. The standard InChI is InChI=1S/C16H14ClNO/c1-2-15(18)11-5-3-6-12(9-11)16(19)13-7-4-8-14(17)10-13/h2-10,15H,1,18H2. The van der Waals surface area contributed by atoms with E-state index in [9.17, 15) is 4.79 Å². The lowest BCUT2D eigenvalue weighted by Gasteiger charge is -2.08. The van der Waals surface area contributed by atoms with E-state index in [1.54, 1.807) is 42.5 Å². The minimum atomic E-state index is -0.271. The third-order valence-corrected chi connectivity index (χ3v) is 3.11. The van der Waals surface area contributed by atoms with Gasteiger partial charge in [-0.15, -0.1) is 6.58 Å². The summed E-state index contributed by atoms with van der Waals surface area (Å²) in [6.45, 7) is 3.65. The Kier molecular flexibility index (Phi) is 4.15. The molecule has 0 aromatic heterocycles. The minimum absolute atomic E-state index is 0.0689. The van der Waals surface area contributed by atoms with Crippen LogP contribution >= 0.6 is 11.6 Å². The van der Waals surface area contributed by atoms with Crippen molar-refractivity contribution >= 4 is 17.4 Å². The van der Waals surface area contributed by atoms with Crippen LogP contribution in [0.5, 0.6) is 0 Å². The first-order valence-corrected chi connectivity index (χ1v) is 6.28. The largest absolute Gasteiger partial charge is 0.321 e. The third kappa shape index (κ3) is 3.11. The van der Waals surface area contributed by atoms with Crippen LogP contribution < -0.4 is 5.73 Å². The van der Waals surface area contributed by atoms with Crippen molar-refractivity contribution in [2.45, 2.75) is 6.04 Å². The topological polar surface area (TPSA) is 43.1 Å². The smallest absolute Gasteiger partial charge is 0.193 e. The lowest BCUT2D eigenvalue weighted by Crippen LogP contribution is -2.08. The van der Waals surface area contributed by atoms with Crippen molar-refractivity contribution in [3.63, 3.8) is 0 Å². The lowest BCUT2D eigenvalue weighted by molar-refractivity contribution is 0.103. The van der Waals surface area contributed by atoms with E-state index in [0.29, 0.717) is 16.1 Å². The van der Waals surface area contributed by atoms with Crippen LogP contribution in [0.15, 0.2) is 61.2 Å². The molecule has 1 atom stereocenters. The molecular weight excluding hydrogens is 258 g/mol. The van der Waals surface area contributed by atoms with Crippen LogP contribution in [0.25, 0.3) is 0 Å². The van der Waals surface area contributed by atoms with Gasteiger partial charge in [0.2, 0.25) is 0 Å². The molecule has 0 aliphatic carbocycles. The molecule has 0 amide bonds. The number of carbonyl (C=O) groups excluding carboxylic acids is 1. The average Bonchev–Trinajstić information content (AvgIpc) is 2.45. The van der Waals surface area contributed by atoms with Gasteiger partial charge in [-0.2, -0.15) is 0 Å². The summed E-state index contributed by atoms with van der Waals surface area (Å²) in [6, 6.07) is 13.9. The normalized spacial score (nSPS) is 11.9. The Morgan fingerprint density at radius 3 is 2.42 bits per heavy atom. The van der Waals surface area contributed by atoms with Crippen LogP contribution in [-0.2, 0) is 0 Å². The maximum absolute atomic E-state index is 12.3. The van der Waals surface area contributed by atoms with Gasteiger partial charge in [-0.25, -0.2) is 0 Å². The van der Waals surface area contributed by atoms with Crippen molar-refractivity contribution in [3.05, 3.63) is 82.9 Å². The van der Waals surface area contributed by atoms with E-state index in [0.717, 1.165) is 5.56 Å². The van der Waals surface area contributed by atoms with Gasteiger partial charge in [0, 0.05) is 22.2 Å². The first-order chi connectivity index (χ1) is 9.11. The molecule has 0 saturated carbocycles. The van der Waals surface area contributed by atoms with Gasteiger partial charge in [-0.3, -0.25) is 4.79 Å². The number of hydrogen-bond donors (Lipinski definition) is 1. The Morgan fingerprint density at radius 2 is 1.79 bits per heavy atom. The van der Waals surface area contributed by atoms with E-state index in [4.69, 9.17) is 17.3 Å². The second-order valence-electron chi connectivity index (χ2n) is 4.23. The predicted molar refractivity (Wildman–Crippen MR) is 78.5 cm³/mol. The number of rotatable bonds is 4. The summed E-state index contributed by atoms with van der Waals surface area (Å²) in [5.41, 5.74) is 7.90. The fourth-order valence-electron chi connectivity index (χ4n) is 1.82. The second-order valence-corrected chi connectivity index (χ2v) is 4.66. The summed E-state index contributed by atoms with van der Waals surface area (Å²) in [6.07, 6.45) is 1.64. The highest BCUT2D eigenvalue weighted by Gasteiger charge is 2.11. The quantitative estimate of drug-likeness (QED) is 0.680. The molecule has 2 rings (SSSR count). The highest BCUT2D eigenvalue weighted by molar-refractivity contribution is 6.31. The molecule has 96 valence electrons. The molecule has 19 heavy (non-hydrogen) atoms. The second kappa shape index (κ2) is 5.83. The van der Waals surface area contributed by atoms with Crippen molar-refractivity contribution in [1.82, 2.24) is 0 Å². The zero-order chi connectivity index (χ0) is 13.8. The van der Waals surface area contributed by atoms with Gasteiger partial charge in [-0.1, -0.05) is 48.0 Å². The number of hydrogen-bond acceptors (Lipinski definition) is 2. The molecule has 2 aromatic carbocycles. The SMILES string of the molecule is C=CC(N)c1cccc(C(=O)c2cccc(Cl)c2)c1. The molecular formula is C16H14ClNO. The van der Waals surface area contributed by atoms with E-state index >= 15 is 0 Å². The molecule has 0 aliphatic rings. The first-order valence-electron chi connectivity index (χ1n) is 5.90. The monoisotopic (exact) mass is 271 g/mol. The summed E-state index contributed by atoms with van der Waals surface area (Å²) in [4.78, 5) is 12.3. The Balaban J connectivity index is 2.36. The summed E-state index contributed by atoms with van der Waals surface area (Å²) >= 11 is 5.90. The number of carbonyl (C=O) groups is 1. The number of halogens is 1. The Labute approximate surface area is 117 Å². The van der Waals surface area contributed by atoms with E-state index in [1.165, 1.54) is 0 Å². The third-order valence-electron chi connectivity index (χ3n) is 2.87. The van der Waals surface area contributed by atoms with Gasteiger partial charge >= 0.3 is 0 Å². The molecule has 2 N–H and O–H groups in total. The highest BCUT2D eigenvalue weighted by atomic mass is 35.5. The predicted octanol–water partition coefficient (Wildman–Crippen LogP) is 3.76. The van der Waals surface area contributed by atoms with E-state index in [2.05, 4.69) is 6.58 Å². The van der Waals surface area contributed by atoms with Crippen LogP contribution in [0.2, 0.25) is 5.02 Å². The number of ketones is 1. The van der Waals surface area contributed by atoms with Crippen molar-refractivity contribution in [3.8, 4) is 0 Å². The molecule has 3 heteroatoms. The molecule has 0 bridgehead atoms. The van der Waals surface area contributed by atoms with Crippen LogP contribution in [0.1, 0.15) is 27.5 Å². The first kappa shape index (κ1) is 13.5. The summed E-state index contributed by atoms with van der Waals surface area (Å²) in [5.74, 6) is -0.0689. The maximum Gasteiger partial charge on any atom is 0.193 e. The zero-order valence-electron chi connectivity index (χ0n) is 10.3. The minimum Gasteiger partial charge on any atom is -0.321 e. The lowest BCUT2D eigenvalue weighted by atomic mass is 9.99. The van der Waals surface area contributed by atoms with E-state index < -0.39 is 0 Å². The Hall–Kier alpha value is -1.90. The van der Waals surface area contributed by atoms with Gasteiger partial charge in [0.1, 0.15) is 0 Å². The molecule has 0 heterocycles. The molecule has 2 aromatic rings. The Morgan fingerprint density at radius 1 is 1.16 bits per heavy atom. The van der Waals surface area contributed by atoms with Gasteiger partial charge in [0.15, 0.2) is 5.78 Å². The molecule has 0 spiro atoms. The van der Waals surface area contributed by atoms with Crippen LogP contribution in [-0.4, -0.2) is 5.78 Å². The summed E-state index contributed by atoms with van der Waals surface area (Å²) in [7, 11) is 0. The molecule has 0 aliphatic heterocycles. The van der Waals surface area contributed by atoms with Crippen LogP contribution in [0.3, 0.4) is 0 Å². The Bertz CT molecular complexity index is 622. The van der Waals surface area contributed by atoms with E-state index in [-0.39, 0.29) is 11.8 Å². The summed E-state index contributed by atoms with van der Waals surface area (Å²) in [5, 5.41) is 0.546. The van der Waals surface area contributed by atoms with Crippen molar-refractivity contribution < 1.29 is 4.79 Å². The number of nitrogens with two attached hydrogens (primary N) is 1.